The number of hydrogen-bond donors (Lipinski definition) is 2. The zero-order valence-corrected chi connectivity index (χ0v) is 12.5. The molecule has 0 aliphatic carbocycles. The highest BCUT2D eigenvalue weighted by Gasteiger charge is 2.21. The quantitative estimate of drug-likeness (QED) is 0.831. The summed E-state index contributed by atoms with van der Waals surface area (Å²) >= 11 is 3.35. The monoisotopic (exact) mass is 324 g/mol. The predicted octanol–water partition coefficient (Wildman–Crippen LogP) is 1.46. The van der Waals surface area contributed by atoms with Crippen LogP contribution in [0.1, 0.15) is 19.6 Å². The Morgan fingerprint density at radius 2 is 2.12 bits per heavy atom. The Morgan fingerprint density at radius 3 is 2.59 bits per heavy atom. The summed E-state index contributed by atoms with van der Waals surface area (Å²) in [6.07, 6.45) is 2.75. The van der Waals surface area contributed by atoms with Gasteiger partial charge in [0.05, 0.1) is 23.5 Å². The van der Waals surface area contributed by atoms with Crippen LogP contribution >= 0.6 is 15.9 Å². The molecule has 1 aromatic rings. The lowest BCUT2D eigenvalue weighted by Gasteiger charge is -2.25. The fraction of sp³-hybridized carbons (Fsp3) is 0.600. The lowest BCUT2D eigenvalue weighted by atomic mass is 10.1. The van der Waals surface area contributed by atoms with Crippen molar-refractivity contribution in [3.05, 3.63) is 22.6 Å². The molecular formula is C10H17BrN2O3S. The maximum Gasteiger partial charge on any atom is 0.209 e. The Bertz CT molecular complexity index is 468. The smallest absolute Gasteiger partial charge is 0.209 e. The Hall–Kier alpha value is -0.370. The number of nitrogens with one attached hydrogen (secondary N) is 2. The third-order valence-corrected chi connectivity index (χ3v) is 3.64. The van der Waals surface area contributed by atoms with Gasteiger partial charge in [-0.25, -0.2) is 13.1 Å². The standard InChI is InChI=1S/C10H17BrN2O3S/c1-10(2,13-17(3,14)15)7-12-6-9-8(11)4-5-16-9/h4-5,12-13H,6-7H2,1-3H3. The van der Waals surface area contributed by atoms with E-state index in [1.807, 2.05) is 19.9 Å². The highest BCUT2D eigenvalue weighted by Crippen LogP contribution is 2.17. The van der Waals surface area contributed by atoms with Gasteiger partial charge in [-0.05, 0) is 35.8 Å². The SMILES string of the molecule is CC(C)(CNCc1occc1Br)NS(C)(=O)=O. The molecule has 17 heavy (non-hydrogen) atoms. The second-order valence-corrected chi connectivity index (χ2v) is 7.16. The van der Waals surface area contributed by atoms with Gasteiger partial charge in [0.15, 0.2) is 0 Å². The largest absolute Gasteiger partial charge is 0.467 e. The zero-order chi connectivity index (χ0) is 13.1. The molecule has 0 spiro atoms. The molecule has 0 saturated heterocycles. The number of furan rings is 1. The summed E-state index contributed by atoms with van der Waals surface area (Å²) in [6, 6.07) is 1.82. The number of rotatable bonds is 6. The summed E-state index contributed by atoms with van der Waals surface area (Å²) < 4.78 is 30.9. The van der Waals surface area contributed by atoms with Gasteiger partial charge in [-0.2, -0.15) is 0 Å². The summed E-state index contributed by atoms with van der Waals surface area (Å²) in [5.74, 6) is 0.792. The van der Waals surface area contributed by atoms with Crippen LogP contribution in [0, 0.1) is 0 Å². The minimum atomic E-state index is -3.20. The Kier molecular flexibility index (Phi) is 4.77. The van der Waals surface area contributed by atoms with Crippen LogP contribution in [0.5, 0.6) is 0 Å². The molecule has 7 heteroatoms. The second kappa shape index (κ2) is 5.51. The maximum absolute atomic E-state index is 11.1. The van der Waals surface area contributed by atoms with Gasteiger partial charge in [0.1, 0.15) is 5.76 Å². The van der Waals surface area contributed by atoms with Crippen molar-refractivity contribution in [2.75, 3.05) is 12.8 Å². The van der Waals surface area contributed by atoms with Crippen LogP contribution in [0.4, 0.5) is 0 Å². The molecular weight excluding hydrogens is 308 g/mol. The highest BCUT2D eigenvalue weighted by molar-refractivity contribution is 9.10. The first-order valence-electron chi connectivity index (χ1n) is 5.11. The van der Waals surface area contributed by atoms with Gasteiger partial charge in [0.2, 0.25) is 10.0 Å². The first kappa shape index (κ1) is 14.7. The first-order valence-corrected chi connectivity index (χ1v) is 7.80. The molecule has 1 aromatic heterocycles. The second-order valence-electron chi connectivity index (χ2n) is 4.55. The van der Waals surface area contributed by atoms with E-state index in [-0.39, 0.29) is 0 Å². The highest BCUT2D eigenvalue weighted by atomic mass is 79.9. The van der Waals surface area contributed by atoms with Crippen molar-refractivity contribution in [1.82, 2.24) is 10.0 Å². The van der Waals surface area contributed by atoms with Crippen LogP contribution in [-0.4, -0.2) is 26.8 Å². The van der Waals surface area contributed by atoms with E-state index in [1.165, 1.54) is 0 Å². The van der Waals surface area contributed by atoms with E-state index in [2.05, 4.69) is 26.0 Å². The molecule has 0 unspecified atom stereocenters. The third kappa shape index (κ3) is 5.67. The maximum atomic E-state index is 11.1. The van der Waals surface area contributed by atoms with Gasteiger partial charge in [-0.3, -0.25) is 0 Å². The van der Waals surface area contributed by atoms with Crippen LogP contribution in [0.25, 0.3) is 0 Å². The van der Waals surface area contributed by atoms with Crippen molar-refractivity contribution in [3.63, 3.8) is 0 Å². The van der Waals surface area contributed by atoms with Crippen LogP contribution in [-0.2, 0) is 16.6 Å². The van der Waals surface area contributed by atoms with Gasteiger partial charge >= 0.3 is 0 Å². The minimum Gasteiger partial charge on any atom is -0.467 e. The summed E-state index contributed by atoms with van der Waals surface area (Å²) in [6.45, 7) is 4.69. The normalized spacial score (nSPS) is 12.9. The summed E-state index contributed by atoms with van der Waals surface area (Å²) in [5, 5.41) is 3.14. The zero-order valence-electron chi connectivity index (χ0n) is 10.1. The molecule has 0 aliphatic rings. The number of sulfonamides is 1. The number of halogens is 1. The van der Waals surface area contributed by atoms with E-state index < -0.39 is 15.6 Å². The average Bonchev–Trinajstić information content (AvgIpc) is 2.47. The fourth-order valence-electron chi connectivity index (χ4n) is 1.48. The van der Waals surface area contributed by atoms with Crippen molar-refractivity contribution < 1.29 is 12.8 Å². The summed E-state index contributed by atoms with van der Waals surface area (Å²) in [7, 11) is -3.20. The average molecular weight is 325 g/mol. The summed E-state index contributed by atoms with van der Waals surface area (Å²) in [4.78, 5) is 0. The van der Waals surface area contributed by atoms with E-state index in [1.54, 1.807) is 6.26 Å². The topological polar surface area (TPSA) is 71.3 Å². The molecule has 0 saturated carbocycles. The van der Waals surface area contributed by atoms with Crippen molar-refractivity contribution >= 4 is 26.0 Å². The van der Waals surface area contributed by atoms with E-state index >= 15 is 0 Å². The molecule has 0 bridgehead atoms. The third-order valence-electron chi connectivity index (χ3n) is 2.01. The lowest BCUT2D eigenvalue weighted by molar-refractivity contribution is 0.402. The van der Waals surface area contributed by atoms with Crippen LogP contribution < -0.4 is 10.0 Å². The van der Waals surface area contributed by atoms with Crippen LogP contribution in [0.2, 0.25) is 0 Å². The Morgan fingerprint density at radius 1 is 1.47 bits per heavy atom. The molecule has 0 amide bonds. The van der Waals surface area contributed by atoms with Crippen molar-refractivity contribution in [2.24, 2.45) is 0 Å². The predicted molar refractivity (Wildman–Crippen MR) is 70.2 cm³/mol. The fourth-order valence-corrected chi connectivity index (χ4v) is 2.90. The van der Waals surface area contributed by atoms with E-state index in [4.69, 9.17) is 4.42 Å². The van der Waals surface area contributed by atoms with Crippen LogP contribution in [0.3, 0.4) is 0 Å². The van der Waals surface area contributed by atoms with E-state index in [0.29, 0.717) is 13.1 Å². The molecule has 0 fully saturated rings. The van der Waals surface area contributed by atoms with Crippen molar-refractivity contribution in [1.29, 1.82) is 0 Å². The first-order chi connectivity index (χ1) is 7.70. The minimum absolute atomic E-state index is 0.507. The lowest BCUT2D eigenvalue weighted by Crippen LogP contribution is -2.49. The van der Waals surface area contributed by atoms with Gasteiger partial charge in [-0.15, -0.1) is 0 Å². The van der Waals surface area contributed by atoms with E-state index in [9.17, 15) is 8.42 Å². The molecule has 1 heterocycles. The number of hydrogen-bond acceptors (Lipinski definition) is 4. The van der Waals surface area contributed by atoms with Crippen LogP contribution in [0.15, 0.2) is 21.2 Å². The van der Waals surface area contributed by atoms with Crippen molar-refractivity contribution in [3.8, 4) is 0 Å². The molecule has 0 radical (unpaired) electrons. The molecule has 1 rings (SSSR count). The molecule has 5 nitrogen and oxygen atoms in total. The Balaban J connectivity index is 2.43. The molecule has 0 aliphatic heterocycles. The molecule has 2 N–H and O–H groups in total. The van der Waals surface area contributed by atoms with Gasteiger partial charge in [0, 0.05) is 12.1 Å². The van der Waals surface area contributed by atoms with Gasteiger partial charge < -0.3 is 9.73 Å². The Labute approximate surface area is 110 Å². The summed E-state index contributed by atoms with van der Waals surface area (Å²) in [5.41, 5.74) is -0.535. The van der Waals surface area contributed by atoms with E-state index in [0.717, 1.165) is 16.5 Å². The van der Waals surface area contributed by atoms with Gasteiger partial charge in [-0.1, -0.05) is 0 Å². The van der Waals surface area contributed by atoms with Crippen molar-refractivity contribution in [2.45, 2.75) is 25.9 Å². The molecule has 98 valence electrons. The van der Waals surface area contributed by atoms with Gasteiger partial charge in [0.25, 0.3) is 0 Å². The molecule has 0 atom stereocenters. The molecule has 0 aromatic carbocycles.